The van der Waals surface area contributed by atoms with Crippen LogP contribution in [-0.4, -0.2) is 25.5 Å². The number of imidazole rings is 1. The van der Waals surface area contributed by atoms with Gasteiger partial charge in [-0.15, -0.1) is 0 Å². The van der Waals surface area contributed by atoms with E-state index in [1.54, 1.807) is 24.4 Å². The number of aldehydes is 1. The molecule has 3 aromatic rings. The van der Waals surface area contributed by atoms with Gasteiger partial charge in [-0.1, -0.05) is 6.07 Å². The van der Waals surface area contributed by atoms with Gasteiger partial charge in [-0.2, -0.15) is 18.3 Å². The molecule has 0 spiro atoms. The Morgan fingerprint density at radius 3 is 2.60 bits per heavy atom. The predicted octanol–water partition coefficient (Wildman–Crippen LogP) is 2.35. The van der Waals surface area contributed by atoms with Crippen LogP contribution in [0.3, 0.4) is 0 Å². The third-order valence-electron chi connectivity index (χ3n) is 2.76. The van der Waals surface area contributed by atoms with Gasteiger partial charge in [0.1, 0.15) is 11.3 Å². The fraction of sp³-hybridized carbons (Fsp3) is 0.0833. The summed E-state index contributed by atoms with van der Waals surface area (Å²) >= 11 is 0. The molecule has 0 aliphatic carbocycles. The van der Waals surface area contributed by atoms with Crippen LogP contribution in [0.2, 0.25) is 0 Å². The van der Waals surface area contributed by atoms with Crippen molar-refractivity contribution in [3.8, 4) is 5.82 Å². The third-order valence-corrected chi connectivity index (χ3v) is 2.76. The average Bonchev–Trinajstić information content (AvgIpc) is 3.02. The van der Waals surface area contributed by atoms with Crippen LogP contribution < -0.4 is 0 Å². The standard InChI is InChI=1S/C12H7F3N4O/c13-12(14,15)9-4-6-19(17-9)11-8(7-20)18-5-2-1-3-10(18)16-11/h1-7H. The fourth-order valence-electron chi connectivity index (χ4n) is 1.87. The number of fused-ring (bicyclic) bond motifs is 1. The summed E-state index contributed by atoms with van der Waals surface area (Å²) in [5.41, 5.74) is -0.447. The minimum absolute atomic E-state index is 0.0571. The van der Waals surface area contributed by atoms with Crippen molar-refractivity contribution in [2.24, 2.45) is 0 Å². The molecule has 102 valence electrons. The summed E-state index contributed by atoms with van der Waals surface area (Å²) in [5.74, 6) is 0.0571. The normalized spacial score (nSPS) is 11.9. The first-order chi connectivity index (χ1) is 9.50. The molecule has 0 saturated heterocycles. The van der Waals surface area contributed by atoms with Gasteiger partial charge < -0.3 is 0 Å². The molecular weight excluding hydrogens is 273 g/mol. The molecule has 0 fully saturated rings. The van der Waals surface area contributed by atoms with Gasteiger partial charge >= 0.3 is 6.18 Å². The molecule has 20 heavy (non-hydrogen) atoms. The molecule has 0 amide bonds. The summed E-state index contributed by atoms with van der Waals surface area (Å²) in [5, 5.41) is 3.41. The molecule has 8 heteroatoms. The maximum atomic E-state index is 12.5. The zero-order valence-electron chi connectivity index (χ0n) is 9.87. The smallest absolute Gasteiger partial charge is 0.296 e. The van der Waals surface area contributed by atoms with Gasteiger partial charge in [-0.05, 0) is 18.2 Å². The van der Waals surface area contributed by atoms with Gasteiger partial charge in [0, 0.05) is 12.4 Å². The van der Waals surface area contributed by atoms with Crippen molar-refractivity contribution in [2.75, 3.05) is 0 Å². The maximum absolute atomic E-state index is 12.5. The lowest BCUT2D eigenvalue weighted by Gasteiger charge is -2.01. The van der Waals surface area contributed by atoms with Crippen LogP contribution in [0.1, 0.15) is 16.2 Å². The molecule has 5 nitrogen and oxygen atoms in total. The molecule has 0 radical (unpaired) electrons. The molecular formula is C12H7F3N4O. The Hall–Kier alpha value is -2.64. The molecule has 3 rings (SSSR count). The minimum atomic E-state index is -4.54. The molecule has 3 aromatic heterocycles. The van der Waals surface area contributed by atoms with Gasteiger partial charge in [0.15, 0.2) is 17.8 Å². The lowest BCUT2D eigenvalue weighted by Crippen LogP contribution is -2.08. The van der Waals surface area contributed by atoms with Crippen molar-refractivity contribution in [1.82, 2.24) is 19.2 Å². The van der Waals surface area contributed by atoms with E-state index < -0.39 is 11.9 Å². The molecule has 0 aliphatic rings. The number of rotatable bonds is 2. The second kappa shape index (κ2) is 4.19. The van der Waals surface area contributed by atoms with E-state index in [9.17, 15) is 18.0 Å². The number of hydrogen-bond donors (Lipinski definition) is 0. The van der Waals surface area contributed by atoms with Gasteiger partial charge in [0.25, 0.3) is 0 Å². The number of pyridine rings is 1. The number of carbonyl (C=O) groups excluding carboxylic acids is 1. The maximum Gasteiger partial charge on any atom is 0.435 e. The highest BCUT2D eigenvalue weighted by molar-refractivity contribution is 5.79. The predicted molar refractivity (Wildman–Crippen MR) is 62.7 cm³/mol. The van der Waals surface area contributed by atoms with Crippen LogP contribution in [0.15, 0.2) is 36.7 Å². The fourth-order valence-corrected chi connectivity index (χ4v) is 1.87. The Morgan fingerprint density at radius 1 is 1.15 bits per heavy atom. The first-order valence-electron chi connectivity index (χ1n) is 5.56. The number of hydrogen-bond acceptors (Lipinski definition) is 3. The second-order valence-corrected chi connectivity index (χ2v) is 4.01. The summed E-state index contributed by atoms with van der Waals surface area (Å²) in [6.45, 7) is 0. The lowest BCUT2D eigenvalue weighted by molar-refractivity contribution is -0.141. The van der Waals surface area contributed by atoms with Crippen molar-refractivity contribution >= 4 is 11.9 Å². The first-order valence-corrected chi connectivity index (χ1v) is 5.56. The molecule has 3 heterocycles. The Morgan fingerprint density at radius 2 is 1.95 bits per heavy atom. The van der Waals surface area contributed by atoms with Gasteiger partial charge in [0.05, 0.1) is 0 Å². The Labute approximate surface area is 110 Å². The van der Waals surface area contributed by atoms with Crippen LogP contribution in [0, 0.1) is 0 Å². The van der Waals surface area contributed by atoms with Crippen molar-refractivity contribution in [2.45, 2.75) is 6.18 Å². The van der Waals surface area contributed by atoms with E-state index in [4.69, 9.17) is 0 Å². The number of nitrogens with zero attached hydrogens (tertiary/aromatic N) is 4. The summed E-state index contributed by atoms with van der Waals surface area (Å²) in [6, 6.07) is 5.88. The lowest BCUT2D eigenvalue weighted by atomic mass is 10.4. The minimum Gasteiger partial charge on any atom is -0.296 e. The highest BCUT2D eigenvalue weighted by Crippen LogP contribution is 2.28. The van der Waals surface area contributed by atoms with E-state index >= 15 is 0 Å². The summed E-state index contributed by atoms with van der Waals surface area (Å²) in [4.78, 5) is 15.3. The monoisotopic (exact) mass is 280 g/mol. The first kappa shape index (κ1) is 12.4. The number of aromatic nitrogens is 4. The quantitative estimate of drug-likeness (QED) is 0.677. The van der Waals surface area contributed by atoms with E-state index in [2.05, 4.69) is 10.1 Å². The average molecular weight is 280 g/mol. The van der Waals surface area contributed by atoms with E-state index in [-0.39, 0.29) is 11.5 Å². The number of alkyl halides is 3. The van der Waals surface area contributed by atoms with Gasteiger partial charge in [-0.25, -0.2) is 9.67 Å². The Bertz CT molecular complexity index is 787. The number of carbonyl (C=O) groups is 1. The zero-order chi connectivity index (χ0) is 14.3. The van der Waals surface area contributed by atoms with Crippen LogP contribution >= 0.6 is 0 Å². The molecule has 0 saturated carbocycles. The molecule has 0 N–H and O–H groups in total. The SMILES string of the molecule is O=Cc1c(-n2ccc(C(F)(F)F)n2)nc2ccccn12. The van der Waals surface area contributed by atoms with Crippen LogP contribution in [0.4, 0.5) is 13.2 Å². The summed E-state index contributed by atoms with van der Waals surface area (Å²) in [6.07, 6.45) is -1.28. The molecule has 0 aliphatic heterocycles. The molecule has 0 atom stereocenters. The van der Waals surface area contributed by atoms with Gasteiger partial charge in [-0.3, -0.25) is 9.20 Å². The Kier molecular flexibility index (Phi) is 2.60. The van der Waals surface area contributed by atoms with E-state index in [0.29, 0.717) is 11.9 Å². The third kappa shape index (κ3) is 1.85. The zero-order valence-corrected chi connectivity index (χ0v) is 9.87. The van der Waals surface area contributed by atoms with Crippen LogP contribution in [0.25, 0.3) is 11.5 Å². The summed E-state index contributed by atoms with van der Waals surface area (Å²) < 4.78 is 40.0. The van der Waals surface area contributed by atoms with Crippen molar-refractivity contribution in [1.29, 1.82) is 0 Å². The highest BCUT2D eigenvalue weighted by atomic mass is 19.4. The largest absolute Gasteiger partial charge is 0.435 e. The number of halogens is 3. The molecule has 0 bridgehead atoms. The van der Waals surface area contributed by atoms with E-state index in [1.807, 2.05) is 0 Å². The van der Waals surface area contributed by atoms with E-state index in [1.165, 1.54) is 4.40 Å². The summed E-state index contributed by atoms with van der Waals surface area (Å²) in [7, 11) is 0. The van der Waals surface area contributed by atoms with Crippen molar-refractivity contribution in [3.63, 3.8) is 0 Å². The van der Waals surface area contributed by atoms with Crippen LogP contribution in [0.5, 0.6) is 0 Å². The second-order valence-electron chi connectivity index (χ2n) is 4.01. The molecule has 0 unspecified atom stereocenters. The topological polar surface area (TPSA) is 52.2 Å². The molecule has 0 aromatic carbocycles. The van der Waals surface area contributed by atoms with Crippen molar-refractivity contribution < 1.29 is 18.0 Å². The van der Waals surface area contributed by atoms with Crippen LogP contribution in [-0.2, 0) is 6.18 Å². The van der Waals surface area contributed by atoms with Crippen molar-refractivity contribution in [3.05, 3.63) is 48.0 Å². The Balaban J connectivity index is 2.19. The highest BCUT2D eigenvalue weighted by Gasteiger charge is 2.34. The van der Waals surface area contributed by atoms with Gasteiger partial charge in [0.2, 0.25) is 0 Å². The van der Waals surface area contributed by atoms with E-state index in [0.717, 1.165) is 16.9 Å².